The van der Waals surface area contributed by atoms with Crippen LogP contribution in [0.1, 0.15) is 26.3 Å². The van der Waals surface area contributed by atoms with Gasteiger partial charge in [0.25, 0.3) is 0 Å². The van der Waals surface area contributed by atoms with E-state index in [1.807, 2.05) is 39.0 Å². The molecule has 2 rings (SSSR count). The van der Waals surface area contributed by atoms with Crippen molar-refractivity contribution < 1.29 is 9.47 Å². The van der Waals surface area contributed by atoms with Gasteiger partial charge >= 0.3 is 0 Å². The van der Waals surface area contributed by atoms with Crippen LogP contribution < -0.4 is 0 Å². The fourth-order valence-electron chi connectivity index (χ4n) is 2.37. The summed E-state index contributed by atoms with van der Waals surface area (Å²) in [4.78, 5) is 0. The van der Waals surface area contributed by atoms with Gasteiger partial charge in [-0.05, 0) is 31.5 Å². The van der Waals surface area contributed by atoms with E-state index in [9.17, 15) is 0 Å². The van der Waals surface area contributed by atoms with Crippen molar-refractivity contribution in [3.8, 4) is 0 Å². The largest absolute Gasteiger partial charge is 0.346 e. The Balaban J connectivity index is 2.56. The summed E-state index contributed by atoms with van der Waals surface area (Å²) in [5.41, 5.74) is 1.09. The lowest BCUT2D eigenvalue weighted by atomic mass is 9.98. The van der Waals surface area contributed by atoms with E-state index in [0.29, 0.717) is 13.2 Å². The molecule has 2 aromatic rings. The lowest BCUT2D eigenvalue weighted by molar-refractivity contribution is -0.229. The Morgan fingerprint density at radius 2 is 1.50 bits per heavy atom. The molecular formula is C16H20O2. The van der Waals surface area contributed by atoms with Crippen LogP contribution in [-0.2, 0) is 15.3 Å². The monoisotopic (exact) mass is 244 g/mol. The van der Waals surface area contributed by atoms with E-state index in [0.717, 1.165) is 5.56 Å². The smallest absolute Gasteiger partial charge is 0.192 e. The van der Waals surface area contributed by atoms with Crippen molar-refractivity contribution in [3.05, 3.63) is 48.0 Å². The van der Waals surface area contributed by atoms with Gasteiger partial charge in [0.05, 0.1) is 0 Å². The summed E-state index contributed by atoms with van der Waals surface area (Å²) in [6.45, 7) is 7.21. The van der Waals surface area contributed by atoms with Gasteiger partial charge in [0.15, 0.2) is 5.79 Å². The van der Waals surface area contributed by atoms with Crippen LogP contribution in [0.25, 0.3) is 10.8 Å². The van der Waals surface area contributed by atoms with Crippen molar-refractivity contribution in [3.63, 3.8) is 0 Å². The quantitative estimate of drug-likeness (QED) is 0.738. The standard InChI is InChI=1S/C16H20O2/c1-4-17-16(3,18-5-2)15-12-8-10-13-9-6-7-11-14(13)15/h6-12H,4-5H2,1-3H3. The predicted molar refractivity (Wildman–Crippen MR) is 74.6 cm³/mol. The van der Waals surface area contributed by atoms with Gasteiger partial charge in [0.1, 0.15) is 0 Å². The molecule has 0 aliphatic carbocycles. The van der Waals surface area contributed by atoms with Gasteiger partial charge in [-0.2, -0.15) is 0 Å². The number of rotatable bonds is 5. The molecule has 0 heterocycles. The third-order valence-electron chi connectivity index (χ3n) is 3.12. The normalized spacial score (nSPS) is 11.9. The van der Waals surface area contributed by atoms with Crippen LogP contribution in [0.2, 0.25) is 0 Å². The molecule has 0 saturated heterocycles. The van der Waals surface area contributed by atoms with E-state index >= 15 is 0 Å². The Hall–Kier alpha value is -1.38. The van der Waals surface area contributed by atoms with E-state index in [1.165, 1.54) is 10.8 Å². The Bertz CT molecular complexity index is 508. The van der Waals surface area contributed by atoms with E-state index in [2.05, 4.69) is 24.3 Å². The minimum Gasteiger partial charge on any atom is -0.346 e. The van der Waals surface area contributed by atoms with Gasteiger partial charge in [-0.25, -0.2) is 0 Å². The first-order valence-electron chi connectivity index (χ1n) is 6.47. The third kappa shape index (κ3) is 2.40. The molecule has 2 heteroatoms. The van der Waals surface area contributed by atoms with E-state index in [4.69, 9.17) is 9.47 Å². The molecular weight excluding hydrogens is 224 g/mol. The first-order chi connectivity index (χ1) is 8.71. The van der Waals surface area contributed by atoms with Crippen LogP contribution in [0, 0.1) is 0 Å². The minimum absolute atomic E-state index is 0.625. The zero-order chi connectivity index (χ0) is 13.0. The van der Waals surface area contributed by atoms with Crippen molar-refractivity contribution in [2.75, 3.05) is 13.2 Å². The highest BCUT2D eigenvalue weighted by Gasteiger charge is 2.29. The van der Waals surface area contributed by atoms with Crippen LogP contribution in [-0.4, -0.2) is 13.2 Å². The second kappa shape index (κ2) is 5.51. The van der Waals surface area contributed by atoms with Gasteiger partial charge in [-0.3, -0.25) is 0 Å². The minimum atomic E-state index is -0.676. The molecule has 0 bridgehead atoms. The van der Waals surface area contributed by atoms with Crippen molar-refractivity contribution in [2.24, 2.45) is 0 Å². The second-order valence-electron chi connectivity index (χ2n) is 4.34. The average molecular weight is 244 g/mol. The summed E-state index contributed by atoms with van der Waals surface area (Å²) in [5.74, 6) is -0.676. The first-order valence-corrected chi connectivity index (χ1v) is 6.47. The third-order valence-corrected chi connectivity index (χ3v) is 3.12. The Morgan fingerprint density at radius 3 is 2.17 bits per heavy atom. The first kappa shape index (κ1) is 13.1. The average Bonchev–Trinajstić information content (AvgIpc) is 2.38. The molecule has 0 saturated carbocycles. The van der Waals surface area contributed by atoms with Crippen LogP contribution in [0.15, 0.2) is 42.5 Å². The topological polar surface area (TPSA) is 18.5 Å². The van der Waals surface area contributed by atoms with Crippen molar-refractivity contribution in [2.45, 2.75) is 26.6 Å². The van der Waals surface area contributed by atoms with E-state index in [-0.39, 0.29) is 0 Å². The van der Waals surface area contributed by atoms with Gasteiger partial charge < -0.3 is 9.47 Å². The number of fused-ring (bicyclic) bond motifs is 1. The fourth-order valence-corrected chi connectivity index (χ4v) is 2.37. The summed E-state index contributed by atoms with van der Waals surface area (Å²) in [6, 6.07) is 14.5. The van der Waals surface area contributed by atoms with Gasteiger partial charge in [0, 0.05) is 18.8 Å². The zero-order valence-corrected chi connectivity index (χ0v) is 11.3. The maximum atomic E-state index is 5.84. The van der Waals surface area contributed by atoms with Gasteiger partial charge in [-0.15, -0.1) is 0 Å². The fraction of sp³-hybridized carbons (Fsp3) is 0.375. The zero-order valence-electron chi connectivity index (χ0n) is 11.3. The van der Waals surface area contributed by atoms with Gasteiger partial charge in [-0.1, -0.05) is 42.5 Å². The molecule has 18 heavy (non-hydrogen) atoms. The molecule has 0 radical (unpaired) electrons. The summed E-state index contributed by atoms with van der Waals surface area (Å²) in [6.07, 6.45) is 0. The molecule has 0 amide bonds. The van der Waals surface area contributed by atoms with E-state index in [1.54, 1.807) is 0 Å². The molecule has 0 aromatic heterocycles. The Labute approximate surface area is 109 Å². The number of hydrogen-bond donors (Lipinski definition) is 0. The summed E-state index contributed by atoms with van der Waals surface area (Å²) in [5, 5.41) is 2.39. The number of ether oxygens (including phenoxy) is 2. The maximum absolute atomic E-state index is 5.84. The molecule has 2 aromatic carbocycles. The molecule has 0 atom stereocenters. The highest BCUT2D eigenvalue weighted by Crippen LogP contribution is 2.32. The maximum Gasteiger partial charge on any atom is 0.192 e. The second-order valence-corrected chi connectivity index (χ2v) is 4.34. The lowest BCUT2D eigenvalue weighted by Crippen LogP contribution is -2.30. The van der Waals surface area contributed by atoms with Crippen molar-refractivity contribution >= 4 is 10.8 Å². The predicted octanol–water partition coefficient (Wildman–Crippen LogP) is 4.09. The van der Waals surface area contributed by atoms with Crippen LogP contribution in [0.4, 0.5) is 0 Å². The molecule has 0 aliphatic rings. The highest BCUT2D eigenvalue weighted by molar-refractivity contribution is 5.86. The molecule has 96 valence electrons. The van der Waals surface area contributed by atoms with Gasteiger partial charge in [0.2, 0.25) is 0 Å². The Kier molecular flexibility index (Phi) is 4.00. The number of benzene rings is 2. The van der Waals surface area contributed by atoms with Crippen LogP contribution in [0.5, 0.6) is 0 Å². The van der Waals surface area contributed by atoms with E-state index < -0.39 is 5.79 Å². The highest BCUT2D eigenvalue weighted by atomic mass is 16.7. The van der Waals surface area contributed by atoms with Crippen LogP contribution in [0.3, 0.4) is 0 Å². The van der Waals surface area contributed by atoms with Crippen LogP contribution >= 0.6 is 0 Å². The molecule has 0 aliphatic heterocycles. The summed E-state index contributed by atoms with van der Waals surface area (Å²) < 4.78 is 11.7. The molecule has 2 nitrogen and oxygen atoms in total. The number of hydrogen-bond acceptors (Lipinski definition) is 2. The van der Waals surface area contributed by atoms with Crippen molar-refractivity contribution in [1.29, 1.82) is 0 Å². The molecule has 0 N–H and O–H groups in total. The lowest BCUT2D eigenvalue weighted by Gasteiger charge is -2.30. The summed E-state index contributed by atoms with van der Waals surface area (Å²) in [7, 11) is 0. The molecule has 0 spiro atoms. The summed E-state index contributed by atoms with van der Waals surface area (Å²) >= 11 is 0. The molecule has 0 unspecified atom stereocenters. The molecule has 0 fully saturated rings. The Morgan fingerprint density at radius 1 is 0.889 bits per heavy atom. The van der Waals surface area contributed by atoms with Crippen molar-refractivity contribution in [1.82, 2.24) is 0 Å². The SMILES string of the molecule is CCOC(C)(OCC)c1cccc2ccccc12.